The van der Waals surface area contributed by atoms with Crippen LogP contribution in [0.3, 0.4) is 0 Å². The highest BCUT2D eigenvalue weighted by atomic mass is 35.5. The predicted molar refractivity (Wildman–Crippen MR) is 188 cm³/mol. The van der Waals surface area contributed by atoms with Crippen LogP contribution >= 0.6 is 12.4 Å². The first-order chi connectivity index (χ1) is 23.8. The van der Waals surface area contributed by atoms with Crippen LogP contribution in [0.4, 0.5) is 0 Å². The second-order valence-corrected chi connectivity index (χ2v) is 11.8. The fourth-order valence-corrected chi connectivity index (χ4v) is 6.16. The molecule has 0 amide bonds. The first kappa shape index (κ1) is 33.5. The van der Waals surface area contributed by atoms with Gasteiger partial charge in [0.15, 0.2) is 0 Å². The van der Waals surface area contributed by atoms with Crippen LogP contribution in [0, 0.1) is 0 Å². The standard InChI is InChI=1S/2C19H18N4O.ClH/c2*1-2-7-18-16(6-1)17(14-10-20-13-21-11-14)9-19(23-18)24-12-15-5-3-4-8-22-15;/h2*3-5,8-11,13H,1-2,6-7,12H2;1H. The molecule has 6 aromatic heterocycles. The highest BCUT2D eigenvalue weighted by Crippen LogP contribution is 2.34. The maximum Gasteiger partial charge on any atom is 0.214 e. The Balaban J connectivity index is 0.000000167. The zero-order chi connectivity index (χ0) is 32.4. The summed E-state index contributed by atoms with van der Waals surface area (Å²) in [7, 11) is 0. The van der Waals surface area contributed by atoms with Crippen LogP contribution in [-0.2, 0) is 38.9 Å². The second kappa shape index (κ2) is 16.7. The summed E-state index contributed by atoms with van der Waals surface area (Å²) in [4.78, 5) is 34.6. The Morgan fingerprint density at radius 3 is 1.37 bits per heavy atom. The largest absolute Gasteiger partial charge is 0.471 e. The van der Waals surface area contributed by atoms with Crippen LogP contribution in [0.25, 0.3) is 22.3 Å². The van der Waals surface area contributed by atoms with E-state index in [0.29, 0.717) is 25.0 Å². The van der Waals surface area contributed by atoms with Gasteiger partial charge in [-0.05, 0) is 97.9 Å². The Bertz CT molecular complexity index is 1790. The molecule has 0 aromatic carbocycles. The van der Waals surface area contributed by atoms with Crippen LogP contribution in [0.15, 0.2) is 98.4 Å². The van der Waals surface area contributed by atoms with Crippen molar-refractivity contribution in [3.05, 3.63) is 132 Å². The second-order valence-electron chi connectivity index (χ2n) is 11.8. The van der Waals surface area contributed by atoms with E-state index < -0.39 is 0 Å². The Morgan fingerprint density at radius 1 is 0.531 bits per heavy atom. The summed E-state index contributed by atoms with van der Waals surface area (Å²) in [5.74, 6) is 1.28. The minimum atomic E-state index is 0. The van der Waals surface area contributed by atoms with E-state index in [1.165, 1.54) is 36.8 Å². The van der Waals surface area contributed by atoms with E-state index >= 15 is 0 Å². The number of ether oxygens (including phenoxy) is 2. The zero-order valence-electron chi connectivity index (χ0n) is 27.1. The van der Waals surface area contributed by atoms with Gasteiger partial charge in [0.05, 0.1) is 11.4 Å². The topological polar surface area (TPSA) is 122 Å². The number of hydrogen-bond donors (Lipinski definition) is 0. The number of aryl methyl sites for hydroxylation is 2. The molecule has 248 valence electrons. The first-order valence-electron chi connectivity index (χ1n) is 16.4. The van der Waals surface area contributed by atoms with E-state index in [-0.39, 0.29) is 12.4 Å². The van der Waals surface area contributed by atoms with Crippen molar-refractivity contribution in [2.75, 3.05) is 0 Å². The smallest absolute Gasteiger partial charge is 0.214 e. The maximum atomic E-state index is 5.91. The Hall–Kier alpha value is -5.35. The van der Waals surface area contributed by atoms with Crippen molar-refractivity contribution in [3.8, 4) is 34.0 Å². The average Bonchev–Trinajstić information content (AvgIpc) is 3.17. The maximum absolute atomic E-state index is 5.91. The molecule has 11 heteroatoms. The molecule has 2 aliphatic rings. The van der Waals surface area contributed by atoms with E-state index in [4.69, 9.17) is 19.4 Å². The molecule has 0 fully saturated rings. The molecule has 2 aliphatic carbocycles. The molecule has 0 saturated carbocycles. The van der Waals surface area contributed by atoms with Crippen LogP contribution in [0.5, 0.6) is 11.8 Å². The monoisotopic (exact) mass is 672 g/mol. The Morgan fingerprint density at radius 2 is 0.959 bits per heavy atom. The highest BCUT2D eigenvalue weighted by molar-refractivity contribution is 5.85. The van der Waals surface area contributed by atoms with Crippen molar-refractivity contribution in [1.82, 2.24) is 39.9 Å². The summed E-state index contributed by atoms with van der Waals surface area (Å²) in [6.07, 6.45) is 22.9. The summed E-state index contributed by atoms with van der Waals surface area (Å²) in [6.45, 7) is 0.828. The molecule has 0 spiro atoms. The third kappa shape index (κ3) is 8.58. The molecule has 0 unspecified atom stereocenters. The highest BCUT2D eigenvalue weighted by Gasteiger charge is 2.20. The molecule has 8 rings (SSSR count). The lowest BCUT2D eigenvalue weighted by molar-refractivity contribution is 0.288. The zero-order valence-corrected chi connectivity index (χ0v) is 27.9. The molecule has 0 aliphatic heterocycles. The lowest BCUT2D eigenvalue weighted by Gasteiger charge is -2.20. The van der Waals surface area contributed by atoms with Crippen molar-refractivity contribution < 1.29 is 9.47 Å². The minimum absolute atomic E-state index is 0. The lowest BCUT2D eigenvalue weighted by Crippen LogP contribution is -2.09. The molecule has 0 radical (unpaired) electrons. The van der Waals surface area contributed by atoms with Gasteiger partial charge in [-0.15, -0.1) is 12.4 Å². The third-order valence-electron chi connectivity index (χ3n) is 8.48. The van der Waals surface area contributed by atoms with Crippen molar-refractivity contribution in [2.45, 2.75) is 64.6 Å². The summed E-state index contributed by atoms with van der Waals surface area (Å²) in [5, 5.41) is 0. The number of nitrogens with zero attached hydrogens (tertiary/aromatic N) is 8. The molecule has 49 heavy (non-hydrogen) atoms. The van der Waals surface area contributed by atoms with Gasteiger partial charge in [-0.2, -0.15) is 0 Å². The van der Waals surface area contributed by atoms with Crippen LogP contribution in [0.1, 0.15) is 59.6 Å². The third-order valence-corrected chi connectivity index (χ3v) is 8.48. The van der Waals surface area contributed by atoms with E-state index in [0.717, 1.165) is 70.7 Å². The summed E-state index contributed by atoms with van der Waals surface area (Å²) < 4.78 is 11.8. The van der Waals surface area contributed by atoms with Gasteiger partial charge in [-0.25, -0.2) is 29.9 Å². The lowest BCUT2D eigenvalue weighted by atomic mass is 9.90. The number of rotatable bonds is 8. The SMILES string of the molecule is Cl.c1ccc(COc2cc(-c3cncnc3)c3c(n2)CCCC3)nc1.c1ccc(COc2cc(-c3cncnc3)c3c(n2)CCCC3)nc1. The fourth-order valence-electron chi connectivity index (χ4n) is 6.16. The summed E-state index contributed by atoms with van der Waals surface area (Å²) >= 11 is 0. The molecule has 0 N–H and O–H groups in total. The molecule has 10 nitrogen and oxygen atoms in total. The van der Waals surface area contributed by atoms with E-state index in [9.17, 15) is 0 Å². The minimum Gasteiger partial charge on any atom is -0.471 e. The number of fused-ring (bicyclic) bond motifs is 2. The number of hydrogen-bond acceptors (Lipinski definition) is 10. The first-order valence-corrected chi connectivity index (χ1v) is 16.4. The van der Waals surface area contributed by atoms with Crippen LogP contribution in [-0.4, -0.2) is 39.9 Å². The van der Waals surface area contributed by atoms with Crippen molar-refractivity contribution in [1.29, 1.82) is 0 Å². The molecular weight excluding hydrogens is 636 g/mol. The van der Waals surface area contributed by atoms with Gasteiger partial charge >= 0.3 is 0 Å². The number of halogens is 1. The summed E-state index contributed by atoms with van der Waals surface area (Å²) in [6, 6.07) is 15.6. The Kier molecular flexibility index (Phi) is 11.4. The molecule has 6 heterocycles. The van der Waals surface area contributed by atoms with Gasteiger partial charge < -0.3 is 9.47 Å². The van der Waals surface area contributed by atoms with Crippen LogP contribution < -0.4 is 9.47 Å². The van der Waals surface area contributed by atoms with Gasteiger partial charge in [-0.3, -0.25) is 9.97 Å². The molecule has 6 aromatic rings. The van der Waals surface area contributed by atoms with E-state index in [1.807, 2.05) is 73.3 Å². The molecular formula is C38H37ClN8O2. The van der Waals surface area contributed by atoms with Crippen molar-refractivity contribution >= 4 is 12.4 Å². The normalized spacial score (nSPS) is 13.1. The van der Waals surface area contributed by atoms with Gasteiger partial charge in [0.2, 0.25) is 11.8 Å². The fraction of sp³-hybridized carbons (Fsp3) is 0.263. The van der Waals surface area contributed by atoms with Gasteiger partial charge in [0.25, 0.3) is 0 Å². The van der Waals surface area contributed by atoms with Crippen molar-refractivity contribution in [3.63, 3.8) is 0 Å². The quantitative estimate of drug-likeness (QED) is 0.164. The van der Waals surface area contributed by atoms with Gasteiger partial charge in [-0.1, -0.05) is 12.1 Å². The molecule has 0 bridgehead atoms. The number of aromatic nitrogens is 8. The average molecular weight is 673 g/mol. The van der Waals surface area contributed by atoms with Gasteiger partial charge in [0.1, 0.15) is 25.9 Å². The van der Waals surface area contributed by atoms with E-state index in [1.54, 1.807) is 25.0 Å². The van der Waals surface area contributed by atoms with Crippen LogP contribution in [0.2, 0.25) is 0 Å². The molecule has 0 saturated heterocycles. The van der Waals surface area contributed by atoms with Gasteiger partial charge in [0, 0.05) is 71.8 Å². The van der Waals surface area contributed by atoms with Crippen molar-refractivity contribution in [2.24, 2.45) is 0 Å². The molecule has 0 atom stereocenters. The van der Waals surface area contributed by atoms with E-state index in [2.05, 4.69) is 29.9 Å². The summed E-state index contributed by atoms with van der Waals surface area (Å²) in [5.41, 5.74) is 11.0. The Labute approximate surface area is 291 Å². The number of pyridine rings is 4. The predicted octanol–water partition coefficient (Wildman–Crippen LogP) is 7.20.